The number of anilines is 1. The average molecular weight is 387 g/mol. The fraction of sp³-hybridized carbons (Fsp3) is 0.304. The Morgan fingerprint density at radius 2 is 1.93 bits per heavy atom. The molecule has 0 aliphatic heterocycles. The second kappa shape index (κ2) is 7.62. The van der Waals surface area contributed by atoms with Crippen molar-refractivity contribution < 1.29 is 0 Å². The quantitative estimate of drug-likeness (QED) is 0.355. The van der Waals surface area contributed by atoms with Crippen LogP contribution in [-0.2, 0) is 6.42 Å². The van der Waals surface area contributed by atoms with E-state index in [9.17, 15) is 4.79 Å². The summed E-state index contributed by atoms with van der Waals surface area (Å²) in [7, 11) is 0. The Morgan fingerprint density at radius 3 is 2.76 bits per heavy atom. The van der Waals surface area contributed by atoms with Gasteiger partial charge in [-0.3, -0.25) is 20.1 Å². The molecule has 0 spiro atoms. The molecule has 1 atom stereocenters. The topological polar surface area (TPSA) is 89.4 Å². The van der Waals surface area contributed by atoms with Gasteiger partial charge in [0.1, 0.15) is 5.82 Å². The zero-order valence-corrected chi connectivity index (χ0v) is 16.2. The Bertz CT molecular complexity index is 1150. The molecule has 2 aromatic carbocycles. The molecule has 0 bridgehead atoms. The fourth-order valence-corrected chi connectivity index (χ4v) is 3.95. The number of nitrogens with one attached hydrogen (secondary N) is 4. The van der Waals surface area contributed by atoms with Gasteiger partial charge in [-0.1, -0.05) is 36.4 Å². The van der Waals surface area contributed by atoms with Gasteiger partial charge in [0, 0.05) is 17.7 Å². The number of fused-ring (bicyclic) bond motifs is 1. The molecule has 2 aromatic heterocycles. The van der Waals surface area contributed by atoms with Crippen LogP contribution in [0.2, 0.25) is 0 Å². The summed E-state index contributed by atoms with van der Waals surface area (Å²) >= 11 is 0. The molecule has 0 saturated heterocycles. The van der Waals surface area contributed by atoms with Gasteiger partial charge in [-0.2, -0.15) is 5.10 Å². The first-order chi connectivity index (χ1) is 14.3. The molecule has 29 heavy (non-hydrogen) atoms. The van der Waals surface area contributed by atoms with Gasteiger partial charge in [0.15, 0.2) is 0 Å². The van der Waals surface area contributed by atoms with Crippen LogP contribution in [0.3, 0.4) is 0 Å². The molecule has 1 aliphatic rings. The number of aromatic amines is 3. The summed E-state index contributed by atoms with van der Waals surface area (Å²) < 4.78 is 0. The Kier molecular flexibility index (Phi) is 4.68. The average Bonchev–Trinajstić information content (AvgIpc) is 3.39. The van der Waals surface area contributed by atoms with E-state index in [0.29, 0.717) is 11.3 Å². The first-order valence-electron chi connectivity index (χ1n) is 10.3. The SMILES string of the molecule is O=c1[nH][nH]c2cc(CCCC(Nc3cc(C4CC4)[nH]n3)c3ccccc3)ccc12. The van der Waals surface area contributed by atoms with Crippen molar-refractivity contribution in [1.29, 1.82) is 0 Å². The molecular formula is C23H25N5O. The molecule has 1 aliphatic carbocycles. The minimum Gasteiger partial charge on any atom is -0.362 e. The number of H-pyrrole nitrogens is 3. The summed E-state index contributed by atoms with van der Waals surface area (Å²) in [5, 5.41) is 17.6. The summed E-state index contributed by atoms with van der Waals surface area (Å²) in [6.07, 6.45) is 5.52. The van der Waals surface area contributed by atoms with Crippen LogP contribution in [0.25, 0.3) is 10.9 Å². The van der Waals surface area contributed by atoms with Crippen LogP contribution in [0.4, 0.5) is 5.82 Å². The van der Waals surface area contributed by atoms with Crippen LogP contribution in [0.15, 0.2) is 59.4 Å². The normalized spacial score (nSPS) is 14.9. The number of hydrogen-bond acceptors (Lipinski definition) is 3. The molecule has 2 heterocycles. The Labute approximate surface area is 168 Å². The first-order valence-corrected chi connectivity index (χ1v) is 10.3. The molecule has 1 saturated carbocycles. The highest BCUT2D eigenvalue weighted by Crippen LogP contribution is 2.39. The number of nitrogens with zero attached hydrogens (tertiary/aromatic N) is 1. The van der Waals surface area contributed by atoms with Crippen LogP contribution in [-0.4, -0.2) is 20.4 Å². The Morgan fingerprint density at radius 1 is 1.07 bits per heavy atom. The van der Waals surface area contributed by atoms with E-state index in [1.165, 1.54) is 29.7 Å². The van der Waals surface area contributed by atoms with Gasteiger partial charge < -0.3 is 5.32 Å². The zero-order chi connectivity index (χ0) is 19.6. The third-order valence-electron chi connectivity index (χ3n) is 5.74. The summed E-state index contributed by atoms with van der Waals surface area (Å²) in [5.74, 6) is 1.59. The lowest BCUT2D eigenvalue weighted by Crippen LogP contribution is -2.11. The van der Waals surface area contributed by atoms with Crippen molar-refractivity contribution in [1.82, 2.24) is 20.4 Å². The van der Waals surface area contributed by atoms with Gasteiger partial charge in [0.2, 0.25) is 0 Å². The Balaban J connectivity index is 1.27. The monoisotopic (exact) mass is 387 g/mol. The van der Waals surface area contributed by atoms with Crippen LogP contribution in [0, 0.1) is 0 Å². The maximum absolute atomic E-state index is 11.7. The third kappa shape index (κ3) is 3.97. The number of aryl methyl sites for hydroxylation is 1. The summed E-state index contributed by atoms with van der Waals surface area (Å²) in [4.78, 5) is 11.7. The minimum atomic E-state index is -0.0653. The van der Waals surface area contributed by atoms with Crippen molar-refractivity contribution >= 4 is 16.7 Å². The zero-order valence-electron chi connectivity index (χ0n) is 16.2. The second-order valence-electron chi connectivity index (χ2n) is 7.94. The lowest BCUT2D eigenvalue weighted by atomic mass is 9.98. The van der Waals surface area contributed by atoms with E-state index in [1.54, 1.807) is 0 Å². The second-order valence-corrected chi connectivity index (χ2v) is 7.94. The molecule has 0 amide bonds. The highest BCUT2D eigenvalue weighted by Gasteiger charge is 2.26. The number of aromatic nitrogens is 4. The molecule has 4 N–H and O–H groups in total. The van der Waals surface area contributed by atoms with E-state index in [0.717, 1.165) is 30.6 Å². The molecule has 0 radical (unpaired) electrons. The van der Waals surface area contributed by atoms with Crippen molar-refractivity contribution in [2.24, 2.45) is 0 Å². The predicted octanol–water partition coefficient (Wildman–Crippen LogP) is 4.63. The molecule has 1 unspecified atom stereocenters. The van der Waals surface area contributed by atoms with E-state index < -0.39 is 0 Å². The van der Waals surface area contributed by atoms with Gasteiger partial charge in [-0.25, -0.2) is 0 Å². The largest absolute Gasteiger partial charge is 0.362 e. The maximum Gasteiger partial charge on any atom is 0.271 e. The van der Waals surface area contributed by atoms with E-state index in [-0.39, 0.29) is 11.6 Å². The molecule has 148 valence electrons. The standard InChI is InChI=1S/C23H25N5O/c29-23-18-12-9-15(13-21(18)26-28-23)5-4-8-19(16-6-2-1-3-7-16)24-22-14-20(25-27-22)17-10-11-17/h1-3,6-7,9,12-14,17,19H,4-5,8,10-11H2,(H2,24,25,27)(H2,26,28,29). The van der Waals surface area contributed by atoms with Crippen LogP contribution in [0.1, 0.15) is 54.5 Å². The Hall–Kier alpha value is -3.28. The highest BCUT2D eigenvalue weighted by atomic mass is 16.1. The fourth-order valence-electron chi connectivity index (χ4n) is 3.95. The van der Waals surface area contributed by atoms with Crippen LogP contribution in [0.5, 0.6) is 0 Å². The van der Waals surface area contributed by atoms with Crippen molar-refractivity contribution in [3.05, 3.63) is 81.8 Å². The lowest BCUT2D eigenvalue weighted by molar-refractivity contribution is 0.642. The number of benzene rings is 2. The van der Waals surface area contributed by atoms with Crippen molar-refractivity contribution in [2.75, 3.05) is 5.32 Å². The van der Waals surface area contributed by atoms with Crippen LogP contribution >= 0.6 is 0 Å². The van der Waals surface area contributed by atoms with Gasteiger partial charge >= 0.3 is 0 Å². The van der Waals surface area contributed by atoms with E-state index in [1.807, 2.05) is 18.2 Å². The molecule has 6 heteroatoms. The van der Waals surface area contributed by atoms with Crippen LogP contribution < -0.4 is 10.9 Å². The molecular weight excluding hydrogens is 362 g/mol. The first kappa shape index (κ1) is 17.8. The van der Waals surface area contributed by atoms with Gasteiger partial charge in [-0.05, 0) is 55.4 Å². The third-order valence-corrected chi connectivity index (χ3v) is 5.74. The van der Waals surface area contributed by atoms with E-state index in [4.69, 9.17) is 0 Å². The van der Waals surface area contributed by atoms with Crippen molar-refractivity contribution in [3.8, 4) is 0 Å². The van der Waals surface area contributed by atoms with Gasteiger partial charge in [0.05, 0.1) is 16.9 Å². The van der Waals surface area contributed by atoms with E-state index >= 15 is 0 Å². The van der Waals surface area contributed by atoms with Crippen molar-refractivity contribution in [3.63, 3.8) is 0 Å². The minimum absolute atomic E-state index is 0.0653. The lowest BCUT2D eigenvalue weighted by Gasteiger charge is -2.19. The summed E-state index contributed by atoms with van der Waals surface area (Å²) in [6, 6.07) is 18.9. The summed E-state index contributed by atoms with van der Waals surface area (Å²) in [6.45, 7) is 0. The molecule has 6 nitrogen and oxygen atoms in total. The predicted molar refractivity (Wildman–Crippen MR) is 115 cm³/mol. The van der Waals surface area contributed by atoms with E-state index in [2.05, 4.69) is 62.1 Å². The molecule has 4 aromatic rings. The number of hydrogen-bond donors (Lipinski definition) is 4. The van der Waals surface area contributed by atoms with Gasteiger partial charge in [0.25, 0.3) is 5.56 Å². The maximum atomic E-state index is 11.7. The highest BCUT2D eigenvalue weighted by molar-refractivity contribution is 5.78. The molecule has 1 fully saturated rings. The van der Waals surface area contributed by atoms with Gasteiger partial charge in [-0.15, -0.1) is 0 Å². The van der Waals surface area contributed by atoms with Crippen molar-refractivity contribution in [2.45, 2.75) is 44.1 Å². The summed E-state index contributed by atoms with van der Waals surface area (Å²) in [5.41, 5.74) is 4.55. The smallest absolute Gasteiger partial charge is 0.271 e. The molecule has 5 rings (SSSR count). The number of rotatable bonds is 8.